The lowest BCUT2D eigenvalue weighted by Gasteiger charge is -1.92. The van der Waals surface area contributed by atoms with Crippen molar-refractivity contribution in [3.63, 3.8) is 0 Å². The number of aromatic nitrogens is 2. The van der Waals surface area contributed by atoms with Crippen LogP contribution in [0.15, 0.2) is 30.6 Å². The number of nitrogens with one attached hydrogen (secondary N) is 2. The molecule has 0 saturated carbocycles. The Hall–Kier alpha value is -1.90. The van der Waals surface area contributed by atoms with Crippen LogP contribution in [-0.4, -0.2) is 9.97 Å². The maximum absolute atomic E-state index is 5.79. The van der Waals surface area contributed by atoms with Gasteiger partial charge in [-0.05, 0) is 18.2 Å². The van der Waals surface area contributed by atoms with Gasteiger partial charge in [-0.25, -0.2) is 0 Å². The van der Waals surface area contributed by atoms with E-state index >= 15 is 0 Å². The van der Waals surface area contributed by atoms with E-state index < -0.39 is 0 Å². The summed E-state index contributed by atoms with van der Waals surface area (Å²) in [5.41, 5.74) is 8.80. The highest BCUT2D eigenvalue weighted by Gasteiger charge is 2.02. The lowest BCUT2D eigenvalue weighted by atomic mass is 10.2. The van der Waals surface area contributed by atoms with Gasteiger partial charge in [-0.1, -0.05) is 0 Å². The first kappa shape index (κ1) is 6.60. The first-order valence-electron chi connectivity index (χ1n) is 4.18. The number of hydrogen-bond acceptors (Lipinski definition) is 1. The number of nitrogen functional groups attached to an aromatic ring is 1. The van der Waals surface area contributed by atoms with Gasteiger partial charge >= 0.3 is 0 Å². The molecule has 0 aliphatic rings. The lowest BCUT2D eigenvalue weighted by molar-refractivity contribution is 1.48. The summed E-state index contributed by atoms with van der Waals surface area (Å²) in [6.07, 6.45) is 3.75. The Bertz CT molecular complexity index is 574. The van der Waals surface area contributed by atoms with E-state index in [9.17, 15) is 0 Å². The van der Waals surface area contributed by atoms with Gasteiger partial charge in [0.25, 0.3) is 0 Å². The summed E-state index contributed by atoms with van der Waals surface area (Å²) < 4.78 is 0. The van der Waals surface area contributed by atoms with E-state index in [-0.39, 0.29) is 0 Å². The highest BCUT2D eigenvalue weighted by atomic mass is 14.7. The van der Waals surface area contributed by atoms with Crippen molar-refractivity contribution in [2.45, 2.75) is 0 Å². The van der Waals surface area contributed by atoms with Gasteiger partial charge in [-0.3, -0.25) is 0 Å². The highest BCUT2D eigenvalue weighted by Crippen LogP contribution is 2.25. The van der Waals surface area contributed by atoms with Crippen LogP contribution in [-0.2, 0) is 0 Å². The Morgan fingerprint density at radius 3 is 2.92 bits per heavy atom. The van der Waals surface area contributed by atoms with Gasteiger partial charge in [0.1, 0.15) is 0 Å². The molecule has 0 fully saturated rings. The Kier molecular flexibility index (Phi) is 1.05. The second-order valence-corrected chi connectivity index (χ2v) is 3.21. The standard InChI is InChI=1S/C10H9N3/c11-8-5-13-10-3-6-1-2-12-9(6)4-7(8)10/h1-5,12-13H,11H2. The number of hydrogen-bond donors (Lipinski definition) is 3. The second kappa shape index (κ2) is 2.07. The third-order valence-electron chi connectivity index (χ3n) is 2.39. The highest BCUT2D eigenvalue weighted by molar-refractivity contribution is 6.00. The van der Waals surface area contributed by atoms with Crippen molar-refractivity contribution in [1.29, 1.82) is 0 Å². The molecule has 3 rings (SSSR count). The maximum Gasteiger partial charge on any atom is 0.0572 e. The number of anilines is 1. The van der Waals surface area contributed by atoms with Crippen molar-refractivity contribution < 1.29 is 0 Å². The molecular formula is C10H9N3. The zero-order valence-corrected chi connectivity index (χ0v) is 6.96. The third kappa shape index (κ3) is 0.783. The van der Waals surface area contributed by atoms with Crippen LogP contribution in [0.3, 0.4) is 0 Å². The molecule has 4 N–H and O–H groups in total. The predicted octanol–water partition coefficient (Wildman–Crippen LogP) is 2.23. The molecule has 2 heterocycles. The summed E-state index contributed by atoms with van der Waals surface area (Å²) >= 11 is 0. The molecule has 0 amide bonds. The van der Waals surface area contributed by atoms with Crippen LogP contribution in [0.2, 0.25) is 0 Å². The van der Waals surface area contributed by atoms with Crippen molar-refractivity contribution >= 4 is 27.5 Å². The monoisotopic (exact) mass is 171 g/mol. The Labute approximate surface area is 74.6 Å². The van der Waals surface area contributed by atoms with Crippen molar-refractivity contribution in [1.82, 2.24) is 9.97 Å². The van der Waals surface area contributed by atoms with E-state index in [0.29, 0.717) is 0 Å². The van der Waals surface area contributed by atoms with Crippen molar-refractivity contribution in [2.75, 3.05) is 5.73 Å². The fourth-order valence-corrected chi connectivity index (χ4v) is 1.69. The Morgan fingerprint density at radius 2 is 2.00 bits per heavy atom. The number of H-pyrrole nitrogens is 2. The minimum Gasteiger partial charge on any atom is -0.397 e. The van der Waals surface area contributed by atoms with Crippen molar-refractivity contribution in [3.8, 4) is 0 Å². The summed E-state index contributed by atoms with van der Waals surface area (Å²) in [5, 5.41) is 2.28. The molecule has 0 bridgehead atoms. The van der Waals surface area contributed by atoms with Crippen molar-refractivity contribution in [3.05, 3.63) is 30.6 Å². The van der Waals surface area contributed by atoms with E-state index in [2.05, 4.69) is 22.1 Å². The second-order valence-electron chi connectivity index (χ2n) is 3.21. The molecule has 0 unspecified atom stereocenters. The van der Waals surface area contributed by atoms with Gasteiger partial charge in [-0.2, -0.15) is 0 Å². The summed E-state index contributed by atoms with van der Waals surface area (Å²) in [6, 6.07) is 6.21. The molecule has 1 aromatic carbocycles. The van der Waals surface area contributed by atoms with Gasteiger partial charge in [0.05, 0.1) is 5.69 Å². The molecule has 3 nitrogen and oxygen atoms in total. The number of aromatic amines is 2. The Balaban J connectivity index is 2.59. The van der Waals surface area contributed by atoms with E-state index in [1.807, 2.05) is 18.5 Å². The SMILES string of the molecule is Nc1c[nH]c2cc3cc[nH]c3cc12. The van der Waals surface area contributed by atoms with E-state index in [1.165, 1.54) is 5.39 Å². The molecule has 64 valence electrons. The molecule has 0 atom stereocenters. The van der Waals surface area contributed by atoms with Crippen LogP contribution in [0, 0.1) is 0 Å². The van der Waals surface area contributed by atoms with Crippen LogP contribution in [0.4, 0.5) is 5.69 Å². The average Bonchev–Trinajstić information content (AvgIpc) is 2.70. The van der Waals surface area contributed by atoms with Crippen LogP contribution >= 0.6 is 0 Å². The van der Waals surface area contributed by atoms with Crippen LogP contribution in [0.5, 0.6) is 0 Å². The minimum absolute atomic E-state index is 0.798. The van der Waals surface area contributed by atoms with Gasteiger partial charge in [0.15, 0.2) is 0 Å². The molecule has 0 radical (unpaired) electrons. The summed E-state index contributed by atoms with van der Waals surface area (Å²) in [7, 11) is 0. The topological polar surface area (TPSA) is 57.6 Å². The normalized spacial score (nSPS) is 11.4. The molecule has 0 aliphatic heterocycles. The van der Waals surface area contributed by atoms with E-state index in [0.717, 1.165) is 22.1 Å². The molecule has 3 aromatic rings. The zero-order chi connectivity index (χ0) is 8.84. The molecule has 0 spiro atoms. The first-order chi connectivity index (χ1) is 6.34. The Morgan fingerprint density at radius 1 is 1.08 bits per heavy atom. The van der Waals surface area contributed by atoms with Crippen molar-refractivity contribution in [2.24, 2.45) is 0 Å². The van der Waals surface area contributed by atoms with Gasteiger partial charge in [-0.15, -0.1) is 0 Å². The van der Waals surface area contributed by atoms with Crippen LogP contribution in [0.25, 0.3) is 21.8 Å². The lowest BCUT2D eigenvalue weighted by Crippen LogP contribution is -1.79. The molecule has 13 heavy (non-hydrogen) atoms. The molecular weight excluding hydrogens is 162 g/mol. The van der Waals surface area contributed by atoms with Gasteiger partial charge < -0.3 is 15.7 Å². The average molecular weight is 171 g/mol. The van der Waals surface area contributed by atoms with E-state index in [1.54, 1.807) is 0 Å². The fraction of sp³-hybridized carbons (Fsp3) is 0. The zero-order valence-electron chi connectivity index (χ0n) is 6.96. The summed E-state index contributed by atoms with van der Waals surface area (Å²) in [4.78, 5) is 6.29. The maximum atomic E-state index is 5.79. The number of fused-ring (bicyclic) bond motifs is 2. The smallest absolute Gasteiger partial charge is 0.0572 e. The minimum atomic E-state index is 0.798. The quantitative estimate of drug-likeness (QED) is 0.477. The molecule has 0 saturated heterocycles. The van der Waals surface area contributed by atoms with E-state index in [4.69, 9.17) is 5.73 Å². The van der Waals surface area contributed by atoms with Gasteiger partial charge in [0, 0.05) is 34.2 Å². The largest absolute Gasteiger partial charge is 0.397 e. The number of rotatable bonds is 0. The molecule has 0 aliphatic carbocycles. The first-order valence-corrected chi connectivity index (χ1v) is 4.18. The fourth-order valence-electron chi connectivity index (χ4n) is 1.69. The number of benzene rings is 1. The predicted molar refractivity (Wildman–Crippen MR) is 54.6 cm³/mol. The summed E-state index contributed by atoms with van der Waals surface area (Å²) in [5.74, 6) is 0. The third-order valence-corrected chi connectivity index (χ3v) is 2.39. The van der Waals surface area contributed by atoms with Gasteiger partial charge in [0.2, 0.25) is 0 Å². The number of nitrogens with two attached hydrogens (primary N) is 1. The molecule has 3 heteroatoms. The summed E-state index contributed by atoms with van der Waals surface area (Å²) in [6.45, 7) is 0. The molecule has 2 aromatic heterocycles. The van der Waals surface area contributed by atoms with Crippen LogP contribution in [0.1, 0.15) is 0 Å². The van der Waals surface area contributed by atoms with Crippen LogP contribution < -0.4 is 5.73 Å².